The fourth-order valence-corrected chi connectivity index (χ4v) is 3.45. The Morgan fingerprint density at radius 1 is 1.38 bits per heavy atom. The number of aryl methyl sites for hydroxylation is 1. The van der Waals surface area contributed by atoms with Crippen LogP contribution in [0.15, 0.2) is 12.3 Å². The van der Waals surface area contributed by atoms with Gasteiger partial charge in [-0.3, -0.25) is 4.79 Å². The number of ether oxygens (including phenoxy) is 2. The van der Waals surface area contributed by atoms with Gasteiger partial charge in [0.25, 0.3) is 5.91 Å². The van der Waals surface area contributed by atoms with Gasteiger partial charge in [-0.05, 0) is 18.9 Å². The molecule has 3 rings (SSSR count). The second-order valence-corrected chi connectivity index (χ2v) is 6.89. The summed E-state index contributed by atoms with van der Waals surface area (Å²) in [6, 6.07) is 1.27. The minimum Gasteiger partial charge on any atom is -0.464 e. The number of carbonyl (C=O) groups excluding carboxylic acids is 2. The number of hydrogen-bond acceptors (Lipinski definition) is 8. The van der Waals surface area contributed by atoms with Crippen molar-refractivity contribution >= 4 is 29.4 Å². The zero-order valence-electron chi connectivity index (χ0n) is 16.4. The molecule has 1 aliphatic heterocycles. The molecular weight excluding hydrogens is 400 g/mol. The zero-order chi connectivity index (χ0) is 21.0. The third kappa shape index (κ3) is 4.65. The molecule has 0 spiro atoms. The first kappa shape index (κ1) is 21.0. The van der Waals surface area contributed by atoms with Crippen LogP contribution in [0.3, 0.4) is 0 Å². The molecule has 29 heavy (non-hydrogen) atoms. The van der Waals surface area contributed by atoms with Gasteiger partial charge in [-0.25, -0.2) is 19.7 Å². The highest BCUT2D eigenvalue weighted by molar-refractivity contribution is 6.30. The quantitative estimate of drug-likeness (QED) is 0.666. The number of amides is 1. The van der Waals surface area contributed by atoms with E-state index in [9.17, 15) is 9.59 Å². The predicted molar refractivity (Wildman–Crippen MR) is 105 cm³/mol. The van der Waals surface area contributed by atoms with E-state index in [1.165, 1.54) is 19.4 Å². The van der Waals surface area contributed by atoms with E-state index >= 15 is 0 Å². The van der Waals surface area contributed by atoms with Crippen molar-refractivity contribution in [3.05, 3.63) is 34.6 Å². The summed E-state index contributed by atoms with van der Waals surface area (Å²) in [4.78, 5) is 41.7. The molecule has 1 fully saturated rings. The van der Waals surface area contributed by atoms with Crippen molar-refractivity contribution in [1.82, 2.24) is 25.3 Å². The summed E-state index contributed by atoms with van der Waals surface area (Å²) in [7, 11) is 2.88. The van der Waals surface area contributed by atoms with Crippen molar-refractivity contribution in [2.45, 2.75) is 31.9 Å². The van der Waals surface area contributed by atoms with Crippen LogP contribution in [0.4, 0.5) is 5.95 Å². The van der Waals surface area contributed by atoms with Crippen LogP contribution in [0.2, 0.25) is 5.15 Å². The number of carbonyl (C=O) groups is 2. The van der Waals surface area contributed by atoms with E-state index < -0.39 is 5.97 Å². The van der Waals surface area contributed by atoms with Crippen LogP contribution in [0, 0.1) is 0 Å². The second-order valence-electron chi connectivity index (χ2n) is 6.53. The Labute approximate surface area is 173 Å². The molecule has 1 saturated heterocycles. The van der Waals surface area contributed by atoms with Crippen LogP contribution in [0.1, 0.15) is 40.1 Å². The van der Waals surface area contributed by atoms with Crippen LogP contribution in [-0.4, -0.2) is 71.3 Å². The monoisotopic (exact) mass is 422 g/mol. The second kappa shape index (κ2) is 9.19. The van der Waals surface area contributed by atoms with Crippen molar-refractivity contribution < 1.29 is 19.1 Å². The summed E-state index contributed by atoms with van der Waals surface area (Å²) in [6.45, 7) is 2.95. The maximum atomic E-state index is 12.6. The third-order valence-corrected chi connectivity index (χ3v) is 5.11. The lowest BCUT2D eigenvalue weighted by atomic mass is 10.0. The molecule has 0 bridgehead atoms. The highest BCUT2D eigenvalue weighted by Gasteiger charge is 2.32. The topological polar surface area (TPSA) is 122 Å². The van der Waals surface area contributed by atoms with E-state index in [4.69, 9.17) is 21.1 Å². The summed E-state index contributed by atoms with van der Waals surface area (Å²) < 4.78 is 10.3. The molecule has 0 unspecified atom stereocenters. The first-order valence-electron chi connectivity index (χ1n) is 9.21. The van der Waals surface area contributed by atoms with Crippen LogP contribution < -0.4 is 10.2 Å². The Balaban J connectivity index is 1.68. The van der Waals surface area contributed by atoms with Crippen molar-refractivity contribution in [3.8, 4) is 0 Å². The van der Waals surface area contributed by atoms with Gasteiger partial charge in [0.15, 0.2) is 16.7 Å². The van der Waals surface area contributed by atoms with E-state index in [0.717, 1.165) is 5.69 Å². The molecule has 11 heteroatoms. The number of methoxy groups -OCH3 is 2. The largest absolute Gasteiger partial charge is 0.464 e. The Kier molecular flexibility index (Phi) is 6.65. The van der Waals surface area contributed by atoms with E-state index in [-0.39, 0.29) is 29.6 Å². The third-order valence-electron chi connectivity index (χ3n) is 4.80. The van der Waals surface area contributed by atoms with Gasteiger partial charge in [0.2, 0.25) is 5.95 Å². The van der Waals surface area contributed by atoms with Crippen molar-refractivity contribution in [2.75, 3.05) is 32.2 Å². The van der Waals surface area contributed by atoms with E-state index in [2.05, 4.69) is 25.3 Å². The molecule has 2 aromatic heterocycles. The Hall–Kier alpha value is -2.72. The fraction of sp³-hybridized carbons (Fsp3) is 0.500. The number of hydrogen-bond donors (Lipinski definition) is 2. The maximum Gasteiger partial charge on any atom is 0.356 e. The van der Waals surface area contributed by atoms with Gasteiger partial charge < -0.3 is 24.7 Å². The molecule has 10 nitrogen and oxygen atoms in total. The molecule has 2 aromatic rings. The zero-order valence-corrected chi connectivity index (χ0v) is 17.2. The molecule has 3 heterocycles. The van der Waals surface area contributed by atoms with Crippen LogP contribution >= 0.6 is 11.6 Å². The lowest BCUT2D eigenvalue weighted by Crippen LogP contribution is -2.55. The predicted octanol–water partition coefficient (Wildman–Crippen LogP) is 1.23. The molecule has 0 aromatic carbocycles. The van der Waals surface area contributed by atoms with Gasteiger partial charge in [0.1, 0.15) is 0 Å². The number of rotatable bonds is 6. The van der Waals surface area contributed by atoms with Gasteiger partial charge >= 0.3 is 5.97 Å². The van der Waals surface area contributed by atoms with Crippen molar-refractivity contribution in [2.24, 2.45) is 0 Å². The lowest BCUT2D eigenvalue weighted by Gasteiger charge is -2.37. The highest BCUT2D eigenvalue weighted by atomic mass is 35.5. The van der Waals surface area contributed by atoms with Gasteiger partial charge in [0.05, 0.1) is 24.9 Å². The normalized spacial score (nSPS) is 19.1. The molecule has 1 aliphatic rings. The van der Waals surface area contributed by atoms with Gasteiger partial charge in [-0.15, -0.1) is 0 Å². The molecule has 2 atom stereocenters. The molecule has 0 saturated carbocycles. The fourth-order valence-electron chi connectivity index (χ4n) is 3.19. The average Bonchev–Trinajstić information content (AvgIpc) is 3.14. The summed E-state index contributed by atoms with van der Waals surface area (Å²) in [5.41, 5.74) is 0.904. The molecular formula is C18H23ClN6O4. The minimum atomic E-state index is -0.525. The number of imidazole rings is 1. The maximum absolute atomic E-state index is 12.6. The Morgan fingerprint density at radius 3 is 2.83 bits per heavy atom. The minimum absolute atomic E-state index is 0.179. The van der Waals surface area contributed by atoms with Crippen LogP contribution in [-0.2, 0) is 15.9 Å². The number of esters is 1. The SMILES string of the molecule is CCc1[nH]c(C(=O)N[C@@H]2CCN(c3nccc(C(=O)OC)n3)C[C@@H]2OC)nc1Cl. The first-order valence-corrected chi connectivity index (χ1v) is 9.58. The van der Waals surface area contributed by atoms with Crippen molar-refractivity contribution in [1.29, 1.82) is 0 Å². The van der Waals surface area contributed by atoms with Gasteiger partial charge in [-0.2, -0.15) is 0 Å². The summed E-state index contributed by atoms with van der Waals surface area (Å²) in [5.74, 6) is -0.276. The number of anilines is 1. The van der Waals surface area contributed by atoms with Crippen molar-refractivity contribution in [3.63, 3.8) is 0 Å². The van der Waals surface area contributed by atoms with Crippen LogP contribution in [0.25, 0.3) is 0 Å². The molecule has 1 amide bonds. The molecule has 0 aliphatic carbocycles. The highest BCUT2D eigenvalue weighted by Crippen LogP contribution is 2.20. The number of halogens is 1. The Bertz CT molecular complexity index is 889. The lowest BCUT2D eigenvalue weighted by molar-refractivity contribution is 0.0533. The molecule has 2 N–H and O–H groups in total. The number of H-pyrrole nitrogens is 1. The number of aromatic amines is 1. The average molecular weight is 423 g/mol. The smallest absolute Gasteiger partial charge is 0.356 e. The summed E-state index contributed by atoms with van der Waals surface area (Å²) in [6.07, 6.45) is 2.47. The number of piperidine rings is 1. The van der Waals surface area contributed by atoms with E-state index in [1.807, 2.05) is 11.8 Å². The standard InChI is InChI=1S/C18H23ClN6O4/c1-4-10-14(19)24-15(21-10)16(26)22-11-6-8-25(9-13(11)28-2)18-20-7-5-12(23-18)17(27)29-3/h5,7,11,13H,4,6,8-9H2,1-3H3,(H,21,24)(H,22,26)/t11-,13+/m1/s1. The molecule has 156 valence electrons. The van der Waals surface area contributed by atoms with Gasteiger partial charge in [0, 0.05) is 26.4 Å². The van der Waals surface area contributed by atoms with Crippen LogP contribution in [0.5, 0.6) is 0 Å². The summed E-state index contributed by atoms with van der Waals surface area (Å²) in [5, 5.41) is 3.26. The number of nitrogens with zero attached hydrogens (tertiary/aromatic N) is 4. The van der Waals surface area contributed by atoms with E-state index in [1.54, 1.807) is 7.11 Å². The number of nitrogens with one attached hydrogen (secondary N) is 2. The number of aromatic nitrogens is 4. The van der Waals surface area contributed by atoms with Gasteiger partial charge in [-0.1, -0.05) is 18.5 Å². The molecule has 0 radical (unpaired) electrons. The Morgan fingerprint density at radius 2 is 2.17 bits per heavy atom. The first-order chi connectivity index (χ1) is 14.0. The van der Waals surface area contributed by atoms with E-state index in [0.29, 0.717) is 37.0 Å². The summed E-state index contributed by atoms with van der Waals surface area (Å²) >= 11 is 6.02.